The van der Waals surface area contributed by atoms with Crippen LogP contribution in [0, 0.1) is 12.8 Å². The lowest BCUT2D eigenvalue weighted by molar-refractivity contribution is -0.170. The Morgan fingerprint density at radius 1 is 1.21 bits per heavy atom. The molecule has 4 rings (SSSR count). The van der Waals surface area contributed by atoms with Crippen LogP contribution in [0.5, 0.6) is 11.5 Å². The van der Waals surface area contributed by atoms with E-state index in [0.717, 1.165) is 10.8 Å². The van der Waals surface area contributed by atoms with Gasteiger partial charge in [-0.05, 0) is 6.92 Å². The lowest BCUT2D eigenvalue weighted by Crippen LogP contribution is -2.33. The number of H-pyrrole nitrogens is 1. The van der Waals surface area contributed by atoms with Gasteiger partial charge < -0.3 is 39.3 Å². The Morgan fingerprint density at radius 2 is 1.93 bits per heavy atom. The standard InChI is InChI=1S/C23H28Cl2N3O13P/c1-10-7-28(23(33)27-21(10)31)17-5-14(41-26-6-12-13(24)4-15(36-2)20(30)19(12)25)16(39-17)9-38-42(34,35)37-8-11-3-18(29)40-22(11)32/h4,6-7,11,14,16-18,22,29-30,32H,3,5,8-9H2,1-2H3,(H,34,35)(H,27,31,33)/t11-,14+,16+,17+,18+,22-/m0/s1. The minimum absolute atomic E-state index is 0.0180. The summed E-state index contributed by atoms with van der Waals surface area (Å²) in [5, 5.41) is 33.1. The number of aliphatic hydroxyl groups excluding tert-OH is 2. The van der Waals surface area contributed by atoms with Crippen molar-refractivity contribution >= 4 is 37.2 Å². The van der Waals surface area contributed by atoms with Gasteiger partial charge in [-0.25, -0.2) is 9.36 Å². The summed E-state index contributed by atoms with van der Waals surface area (Å²) in [6.07, 6.45) is -3.31. The van der Waals surface area contributed by atoms with Gasteiger partial charge in [-0.3, -0.25) is 23.4 Å². The van der Waals surface area contributed by atoms with Gasteiger partial charge in [0.2, 0.25) is 0 Å². The number of aromatic amines is 1. The van der Waals surface area contributed by atoms with Crippen molar-refractivity contribution in [2.75, 3.05) is 20.3 Å². The number of hydrogen-bond acceptors (Lipinski definition) is 13. The first-order valence-electron chi connectivity index (χ1n) is 12.3. The second-order valence-corrected chi connectivity index (χ2v) is 11.6. The maximum Gasteiger partial charge on any atom is 0.472 e. The highest BCUT2D eigenvalue weighted by Gasteiger charge is 2.41. The molecular formula is C23H28Cl2N3O13P. The van der Waals surface area contributed by atoms with E-state index in [1.165, 1.54) is 26.3 Å². The van der Waals surface area contributed by atoms with Crippen molar-refractivity contribution in [2.24, 2.45) is 11.1 Å². The van der Waals surface area contributed by atoms with Crippen LogP contribution in [0.1, 0.15) is 30.2 Å². The number of aromatic hydroxyl groups is 1. The molecule has 0 saturated carbocycles. The van der Waals surface area contributed by atoms with Crippen LogP contribution in [0.15, 0.2) is 27.0 Å². The summed E-state index contributed by atoms with van der Waals surface area (Å²) in [5.41, 5.74) is -1.01. The van der Waals surface area contributed by atoms with Gasteiger partial charge in [0.1, 0.15) is 12.3 Å². The Labute approximate surface area is 247 Å². The molecule has 19 heteroatoms. The Morgan fingerprint density at radius 3 is 2.60 bits per heavy atom. The number of methoxy groups -OCH3 is 1. The van der Waals surface area contributed by atoms with Gasteiger partial charge in [-0.2, -0.15) is 0 Å². The van der Waals surface area contributed by atoms with E-state index in [1.807, 2.05) is 0 Å². The fourth-order valence-electron chi connectivity index (χ4n) is 4.22. The molecule has 5 N–H and O–H groups in total. The highest BCUT2D eigenvalue weighted by Crippen LogP contribution is 2.46. The molecule has 2 aliphatic heterocycles. The number of phenolic OH excluding ortho intramolecular Hbond substituents is 1. The van der Waals surface area contributed by atoms with E-state index in [2.05, 4.69) is 10.1 Å². The van der Waals surface area contributed by atoms with Crippen LogP contribution >= 0.6 is 31.0 Å². The van der Waals surface area contributed by atoms with E-state index in [4.69, 9.17) is 51.3 Å². The van der Waals surface area contributed by atoms with Crippen LogP contribution in [0.25, 0.3) is 0 Å². The van der Waals surface area contributed by atoms with Crippen molar-refractivity contribution in [1.82, 2.24) is 9.55 Å². The van der Waals surface area contributed by atoms with Crippen molar-refractivity contribution in [3.8, 4) is 11.5 Å². The van der Waals surface area contributed by atoms with Gasteiger partial charge in [-0.15, -0.1) is 0 Å². The smallest absolute Gasteiger partial charge is 0.472 e. The van der Waals surface area contributed by atoms with E-state index >= 15 is 0 Å². The van der Waals surface area contributed by atoms with Crippen LogP contribution in [0.2, 0.25) is 10.0 Å². The quantitative estimate of drug-likeness (QED) is 0.131. The number of phenols is 1. The lowest BCUT2D eigenvalue weighted by atomic mass is 10.1. The van der Waals surface area contributed by atoms with E-state index < -0.39 is 69.2 Å². The number of oxime groups is 1. The molecular weight excluding hydrogens is 628 g/mol. The number of hydrogen-bond donors (Lipinski definition) is 5. The number of aliphatic hydroxyl groups is 2. The molecule has 2 fully saturated rings. The molecule has 2 aliphatic rings. The topological polar surface area (TPSA) is 221 Å². The highest BCUT2D eigenvalue weighted by atomic mass is 35.5. The SMILES string of the molecule is COc1cc(Cl)c(C=NO[C@@H]2C[C@H](n3cc(C)c(=O)[nH]c3=O)O[C@@H]2COP(=O)(O)OC[C@@H]2C[C@H](O)O[C@@H]2O)c(Cl)c1O. The summed E-state index contributed by atoms with van der Waals surface area (Å²) in [5.74, 6) is -1.11. The minimum Gasteiger partial charge on any atom is -0.503 e. The predicted molar refractivity (Wildman–Crippen MR) is 145 cm³/mol. The largest absolute Gasteiger partial charge is 0.503 e. The van der Waals surface area contributed by atoms with Gasteiger partial charge in [0.05, 0.1) is 36.6 Å². The normalized spacial score (nSPS) is 27.4. The number of halogens is 2. The van der Waals surface area contributed by atoms with Crippen molar-refractivity contribution in [1.29, 1.82) is 0 Å². The molecule has 42 heavy (non-hydrogen) atoms. The molecule has 0 radical (unpaired) electrons. The fourth-order valence-corrected chi connectivity index (χ4v) is 5.54. The Balaban J connectivity index is 1.49. The summed E-state index contributed by atoms with van der Waals surface area (Å²) in [7, 11) is -3.38. The Bertz CT molecular complexity index is 1480. The first-order chi connectivity index (χ1) is 19.8. The second-order valence-electron chi connectivity index (χ2n) is 9.40. The number of nitrogens with one attached hydrogen (secondary N) is 1. The number of nitrogens with zero attached hydrogens (tertiary/aromatic N) is 2. The molecule has 0 bridgehead atoms. The number of aromatic nitrogens is 2. The Kier molecular flexibility index (Phi) is 10.4. The third-order valence-corrected chi connectivity index (χ3v) is 8.13. The monoisotopic (exact) mass is 655 g/mol. The van der Waals surface area contributed by atoms with Gasteiger partial charge in [-0.1, -0.05) is 28.4 Å². The number of phosphoric ester groups is 1. The fraction of sp³-hybridized carbons (Fsp3) is 0.522. The number of rotatable bonds is 11. The van der Waals surface area contributed by atoms with Crippen LogP contribution in [-0.2, 0) is 27.9 Å². The summed E-state index contributed by atoms with van der Waals surface area (Å²) in [6.45, 7) is 0.469. The van der Waals surface area contributed by atoms with Gasteiger partial charge in [0.15, 0.2) is 30.2 Å². The summed E-state index contributed by atoms with van der Waals surface area (Å²) >= 11 is 12.4. The second kappa shape index (κ2) is 13.4. The first-order valence-corrected chi connectivity index (χ1v) is 14.6. The molecule has 0 spiro atoms. The maximum absolute atomic E-state index is 12.5. The van der Waals surface area contributed by atoms with Crippen molar-refractivity contribution < 1.29 is 52.9 Å². The highest BCUT2D eigenvalue weighted by molar-refractivity contribution is 7.47. The summed E-state index contributed by atoms with van der Waals surface area (Å²) < 4.78 is 39.3. The molecule has 2 aromatic rings. The average Bonchev–Trinajstić information content (AvgIpc) is 3.49. The van der Waals surface area contributed by atoms with E-state index in [-0.39, 0.29) is 45.5 Å². The van der Waals surface area contributed by atoms with E-state index in [1.54, 1.807) is 0 Å². The molecule has 3 heterocycles. The van der Waals surface area contributed by atoms with Crippen molar-refractivity contribution in [2.45, 2.75) is 50.8 Å². The van der Waals surface area contributed by atoms with Crippen LogP contribution in [-0.4, -0.2) is 81.1 Å². The molecule has 16 nitrogen and oxygen atoms in total. The third kappa shape index (κ3) is 7.52. The molecule has 0 amide bonds. The molecule has 1 aromatic heterocycles. The maximum atomic E-state index is 12.5. The number of ether oxygens (including phenoxy) is 3. The van der Waals surface area contributed by atoms with E-state index in [9.17, 15) is 34.4 Å². The van der Waals surface area contributed by atoms with Gasteiger partial charge in [0.25, 0.3) is 5.56 Å². The third-order valence-electron chi connectivity index (χ3n) is 6.49. The van der Waals surface area contributed by atoms with E-state index in [0.29, 0.717) is 0 Å². The zero-order valence-electron chi connectivity index (χ0n) is 22.1. The molecule has 1 unspecified atom stereocenters. The predicted octanol–water partition coefficient (Wildman–Crippen LogP) is 1.38. The van der Waals surface area contributed by atoms with Crippen LogP contribution in [0.3, 0.4) is 0 Å². The zero-order chi connectivity index (χ0) is 30.8. The molecule has 0 aliphatic carbocycles. The minimum atomic E-state index is -4.70. The number of aryl methyl sites for hydroxylation is 1. The lowest BCUT2D eigenvalue weighted by Gasteiger charge is -2.20. The molecule has 1 aromatic carbocycles. The van der Waals surface area contributed by atoms with Crippen molar-refractivity contribution in [3.63, 3.8) is 0 Å². The molecule has 2 saturated heterocycles. The summed E-state index contributed by atoms with van der Waals surface area (Å²) in [4.78, 5) is 42.1. The van der Waals surface area contributed by atoms with Crippen LogP contribution in [0.4, 0.5) is 0 Å². The van der Waals surface area contributed by atoms with Crippen LogP contribution < -0.4 is 16.0 Å². The van der Waals surface area contributed by atoms with Gasteiger partial charge >= 0.3 is 13.5 Å². The molecule has 232 valence electrons. The van der Waals surface area contributed by atoms with Gasteiger partial charge in [0, 0.05) is 42.1 Å². The first kappa shape index (κ1) is 32.4. The number of phosphoric acid groups is 1. The average molecular weight is 656 g/mol. The number of benzene rings is 1. The van der Waals surface area contributed by atoms with Crippen molar-refractivity contribution in [3.05, 3.63) is 54.3 Å². The zero-order valence-corrected chi connectivity index (χ0v) is 24.5. The molecule has 7 atom stereocenters. The summed E-state index contributed by atoms with van der Waals surface area (Å²) in [6, 6.07) is 1.32. The Hall–Kier alpha value is -2.50.